The van der Waals surface area contributed by atoms with Crippen molar-refractivity contribution in [1.82, 2.24) is 5.32 Å². The molecule has 0 radical (unpaired) electrons. The molecule has 1 unspecified atom stereocenters. The first-order chi connectivity index (χ1) is 24.2. The molecular weight excluding hydrogens is 647 g/mol. The van der Waals surface area contributed by atoms with Crippen LogP contribution in [0.15, 0.2) is 144 Å². The number of hydrogen-bond acceptors (Lipinski definition) is 6. The van der Waals surface area contributed by atoms with Crippen molar-refractivity contribution >= 4 is 52.9 Å². The fraction of sp³-hybridized carbons (Fsp3) is 0.122. The Morgan fingerprint density at radius 3 is 2.04 bits per heavy atom. The van der Waals surface area contributed by atoms with E-state index in [9.17, 15) is 19.2 Å². The van der Waals surface area contributed by atoms with Crippen LogP contribution in [0.25, 0.3) is 6.08 Å². The number of rotatable bonds is 12. The van der Waals surface area contributed by atoms with Gasteiger partial charge in [0.15, 0.2) is 0 Å². The molecule has 0 saturated heterocycles. The molecule has 3 N–H and O–H groups in total. The van der Waals surface area contributed by atoms with Gasteiger partial charge in [0.2, 0.25) is 5.91 Å². The monoisotopic (exact) mass is 683 g/mol. The molecule has 8 nitrogen and oxygen atoms in total. The summed E-state index contributed by atoms with van der Waals surface area (Å²) >= 11 is 1.29. The fourth-order valence-corrected chi connectivity index (χ4v) is 6.13. The van der Waals surface area contributed by atoms with Gasteiger partial charge in [-0.3, -0.25) is 14.4 Å². The minimum Gasteiger partial charge on any atom is -0.465 e. The van der Waals surface area contributed by atoms with Crippen LogP contribution in [0.5, 0.6) is 0 Å². The van der Waals surface area contributed by atoms with Crippen molar-refractivity contribution in [3.05, 3.63) is 167 Å². The Kier molecular flexibility index (Phi) is 12.0. The summed E-state index contributed by atoms with van der Waals surface area (Å²) in [7, 11) is 1.29. The van der Waals surface area contributed by atoms with Crippen LogP contribution in [-0.2, 0) is 14.3 Å². The van der Waals surface area contributed by atoms with Crippen LogP contribution >= 0.6 is 11.8 Å². The Labute approximate surface area is 296 Å². The van der Waals surface area contributed by atoms with E-state index in [1.54, 1.807) is 72.8 Å². The number of amides is 3. The average molecular weight is 684 g/mol. The number of thioether (sulfide) groups is 1. The van der Waals surface area contributed by atoms with Crippen molar-refractivity contribution in [2.75, 3.05) is 17.7 Å². The van der Waals surface area contributed by atoms with Crippen LogP contribution in [0.3, 0.4) is 0 Å². The summed E-state index contributed by atoms with van der Waals surface area (Å²) < 4.78 is 4.89. The number of para-hydroxylation sites is 1. The lowest BCUT2D eigenvalue weighted by molar-refractivity contribution is -0.116. The van der Waals surface area contributed by atoms with Gasteiger partial charge in [-0.15, -0.1) is 11.8 Å². The molecule has 0 aliphatic rings. The number of carbonyl (C=O) groups excluding carboxylic acids is 4. The molecule has 252 valence electrons. The number of hydrogen-bond donors (Lipinski definition) is 3. The lowest BCUT2D eigenvalue weighted by atomic mass is 10.0. The molecular formula is C41H37N3O5S. The van der Waals surface area contributed by atoms with Gasteiger partial charge in [0.1, 0.15) is 10.9 Å². The second kappa shape index (κ2) is 16.9. The predicted molar refractivity (Wildman–Crippen MR) is 199 cm³/mol. The van der Waals surface area contributed by atoms with E-state index in [2.05, 4.69) is 29.8 Å². The molecule has 5 aromatic rings. The molecule has 9 heteroatoms. The molecule has 0 aliphatic carbocycles. The quantitative estimate of drug-likeness (QED) is 0.0691. The van der Waals surface area contributed by atoms with Crippen molar-refractivity contribution in [3.63, 3.8) is 0 Å². The first-order valence-electron chi connectivity index (χ1n) is 16.0. The van der Waals surface area contributed by atoms with Crippen molar-refractivity contribution < 1.29 is 23.9 Å². The Morgan fingerprint density at radius 1 is 0.700 bits per heavy atom. The molecule has 0 bridgehead atoms. The Morgan fingerprint density at radius 2 is 1.36 bits per heavy atom. The van der Waals surface area contributed by atoms with Gasteiger partial charge in [0, 0.05) is 16.1 Å². The van der Waals surface area contributed by atoms with Crippen LogP contribution in [0.1, 0.15) is 62.4 Å². The normalized spacial score (nSPS) is 11.7. The molecule has 0 aromatic heterocycles. The van der Waals surface area contributed by atoms with Crippen molar-refractivity contribution in [1.29, 1.82) is 0 Å². The zero-order valence-electron chi connectivity index (χ0n) is 27.9. The molecule has 5 aromatic carbocycles. The van der Waals surface area contributed by atoms with E-state index in [0.717, 1.165) is 16.7 Å². The summed E-state index contributed by atoms with van der Waals surface area (Å²) in [6, 6.07) is 39.6. The second-order valence-corrected chi connectivity index (χ2v) is 12.8. The first kappa shape index (κ1) is 35.4. The van der Waals surface area contributed by atoms with Gasteiger partial charge in [-0.05, 0) is 71.1 Å². The van der Waals surface area contributed by atoms with Crippen molar-refractivity contribution in [3.8, 4) is 0 Å². The lowest BCUT2D eigenvalue weighted by Crippen LogP contribution is -2.30. The SMILES string of the molecule is COC(=O)c1ccccc1NC(=O)C(Sc1cccc(NC(=O)/C(=C\c2ccc(C(C)C)cc2)NC(=O)c2ccccc2)c1)c1ccccc1. The average Bonchev–Trinajstić information content (AvgIpc) is 3.14. The maximum Gasteiger partial charge on any atom is 0.339 e. The van der Waals surface area contributed by atoms with E-state index in [0.29, 0.717) is 27.8 Å². The van der Waals surface area contributed by atoms with Gasteiger partial charge in [-0.1, -0.05) is 105 Å². The number of anilines is 2. The van der Waals surface area contributed by atoms with Crippen molar-refractivity contribution in [2.45, 2.75) is 29.9 Å². The summed E-state index contributed by atoms with van der Waals surface area (Å²) in [5.41, 5.74) is 4.19. The van der Waals surface area contributed by atoms with E-state index >= 15 is 0 Å². The summed E-state index contributed by atoms with van der Waals surface area (Å²) in [5, 5.41) is 7.88. The topological polar surface area (TPSA) is 114 Å². The summed E-state index contributed by atoms with van der Waals surface area (Å²) in [6.07, 6.45) is 1.64. The predicted octanol–water partition coefficient (Wildman–Crippen LogP) is 8.48. The van der Waals surface area contributed by atoms with Gasteiger partial charge in [-0.25, -0.2) is 4.79 Å². The summed E-state index contributed by atoms with van der Waals surface area (Å²) in [4.78, 5) is 53.7. The third-order valence-corrected chi connectivity index (χ3v) is 8.97. The van der Waals surface area contributed by atoms with E-state index < -0.39 is 23.0 Å². The highest BCUT2D eigenvalue weighted by Crippen LogP contribution is 2.37. The Balaban J connectivity index is 1.39. The van der Waals surface area contributed by atoms with E-state index in [4.69, 9.17) is 4.74 Å². The van der Waals surface area contributed by atoms with Crippen LogP contribution < -0.4 is 16.0 Å². The lowest BCUT2D eigenvalue weighted by Gasteiger charge is -2.19. The van der Waals surface area contributed by atoms with E-state index in [1.165, 1.54) is 18.9 Å². The van der Waals surface area contributed by atoms with Crippen LogP contribution in [0, 0.1) is 0 Å². The summed E-state index contributed by atoms with van der Waals surface area (Å²) in [5.74, 6) is -1.48. The highest BCUT2D eigenvalue weighted by atomic mass is 32.2. The fourth-order valence-electron chi connectivity index (χ4n) is 5.05. The number of ether oxygens (including phenoxy) is 1. The Hall–Kier alpha value is -5.93. The van der Waals surface area contributed by atoms with Crippen LogP contribution in [0.4, 0.5) is 11.4 Å². The number of nitrogens with one attached hydrogen (secondary N) is 3. The minimum absolute atomic E-state index is 0.0695. The maximum absolute atomic E-state index is 13.8. The molecule has 3 amide bonds. The van der Waals surface area contributed by atoms with Gasteiger partial charge < -0.3 is 20.7 Å². The summed E-state index contributed by atoms with van der Waals surface area (Å²) in [6.45, 7) is 4.21. The first-order valence-corrected chi connectivity index (χ1v) is 16.9. The van der Waals surface area contributed by atoms with E-state index in [1.807, 2.05) is 66.7 Å². The number of benzene rings is 5. The smallest absolute Gasteiger partial charge is 0.339 e. The molecule has 0 saturated carbocycles. The van der Waals surface area contributed by atoms with Gasteiger partial charge in [-0.2, -0.15) is 0 Å². The molecule has 50 heavy (non-hydrogen) atoms. The molecule has 1 atom stereocenters. The number of methoxy groups -OCH3 is 1. The number of esters is 1. The standard InChI is InChI=1S/C41H37N3O5S/c1-27(2)29-23-21-28(22-24-29)25-36(44-38(45)31-15-8-5-9-16-31)39(46)42-32-17-12-18-33(26-32)50-37(30-13-6-4-7-14-30)40(47)43-35-20-11-10-19-34(35)41(48)49-3/h4-27,37H,1-3H3,(H,42,46)(H,43,47)(H,44,45)/b36-25+. The largest absolute Gasteiger partial charge is 0.465 e. The minimum atomic E-state index is -0.706. The van der Waals surface area contributed by atoms with Gasteiger partial charge >= 0.3 is 5.97 Å². The third-order valence-electron chi connectivity index (χ3n) is 7.72. The number of carbonyl (C=O) groups is 4. The molecule has 0 spiro atoms. The Bertz CT molecular complexity index is 1990. The van der Waals surface area contributed by atoms with Crippen LogP contribution in [0.2, 0.25) is 0 Å². The van der Waals surface area contributed by atoms with Crippen LogP contribution in [-0.4, -0.2) is 30.8 Å². The molecule has 5 rings (SSSR count). The molecule has 0 fully saturated rings. The third kappa shape index (κ3) is 9.36. The highest BCUT2D eigenvalue weighted by molar-refractivity contribution is 8.00. The van der Waals surface area contributed by atoms with Gasteiger partial charge in [0.25, 0.3) is 11.8 Å². The zero-order valence-corrected chi connectivity index (χ0v) is 28.7. The zero-order chi connectivity index (χ0) is 35.5. The molecule has 0 aliphatic heterocycles. The highest BCUT2D eigenvalue weighted by Gasteiger charge is 2.24. The van der Waals surface area contributed by atoms with E-state index in [-0.39, 0.29) is 17.2 Å². The van der Waals surface area contributed by atoms with Crippen molar-refractivity contribution in [2.24, 2.45) is 0 Å². The van der Waals surface area contributed by atoms with Gasteiger partial charge in [0.05, 0.1) is 18.4 Å². The maximum atomic E-state index is 13.8. The second-order valence-electron chi connectivity index (χ2n) is 11.6. The molecule has 0 heterocycles.